The molecule has 0 radical (unpaired) electrons. The molecular formula is C25H28N4O5. The minimum Gasteiger partial charge on any atom is -0.462 e. The largest absolute Gasteiger partial charge is 0.462 e. The molecule has 9 nitrogen and oxygen atoms in total. The average Bonchev–Trinajstić information content (AvgIpc) is 3.20. The molecule has 1 N–H and O–H groups in total. The maximum atomic E-state index is 12.6. The molecule has 3 rings (SSSR count). The van der Waals surface area contributed by atoms with Gasteiger partial charge in [-0.2, -0.15) is 5.10 Å². The van der Waals surface area contributed by atoms with Crippen molar-refractivity contribution in [3.05, 3.63) is 71.5 Å². The molecule has 0 aliphatic heterocycles. The van der Waals surface area contributed by atoms with E-state index in [1.165, 1.54) is 11.1 Å². The molecule has 0 atom stereocenters. The predicted molar refractivity (Wildman–Crippen MR) is 128 cm³/mol. The molecule has 34 heavy (non-hydrogen) atoms. The van der Waals surface area contributed by atoms with Crippen LogP contribution < -0.4 is 15.0 Å². The number of carbonyl (C=O) groups is 3. The fraction of sp³-hybridized carbons (Fsp3) is 0.280. The van der Waals surface area contributed by atoms with Gasteiger partial charge in [-0.15, -0.1) is 0 Å². The molecule has 0 aliphatic carbocycles. The van der Waals surface area contributed by atoms with Crippen molar-refractivity contribution in [3.8, 4) is 11.4 Å². The first-order valence-electron chi connectivity index (χ1n) is 10.9. The highest BCUT2D eigenvalue weighted by Crippen LogP contribution is 2.21. The SMILES string of the molecule is CCOC(=O)c1cnn(-c2ccc(C(=O)Oc3ccc(N(C)C(=O)NC(C)C)cc3)cc2)c1C. The molecule has 2 amide bonds. The molecule has 0 unspecified atom stereocenters. The number of hydrogen-bond donors (Lipinski definition) is 1. The van der Waals surface area contributed by atoms with Crippen LogP contribution in [0, 0.1) is 6.92 Å². The predicted octanol–water partition coefficient (Wildman–Crippen LogP) is 4.13. The smallest absolute Gasteiger partial charge is 0.343 e. The Balaban J connectivity index is 1.66. The number of esters is 2. The molecule has 178 valence electrons. The number of hydrogen-bond acceptors (Lipinski definition) is 6. The van der Waals surface area contributed by atoms with Crippen molar-refractivity contribution >= 4 is 23.7 Å². The van der Waals surface area contributed by atoms with Crippen LogP contribution >= 0.6 is 0 Å². The van der Waals surface area contributed by atoms with E-state index in [0.717, 1.165) is 0 Å². The molecule has 1 aromatic heterocycles. The Morgan fingerprint density at radius 2 is 1.68 bits per heavy atom. The number of ether oxygens (including phenoxy) is 2. The van der Waals surface area contributed by atoms with E-state index in [1.54, 1.807) is 74.1 Å². The summed E-state index contributed by atoms with van der Waals surface area (Å²) in [5.41, 5.74) is 2.74. The number of urea groups is 1. The molecule has 9 heteroatoms. The lowest BCUT2D eigenvalue weighted by atomic mass is 10.2. The Hall–Kier alpha value is -4.14. The van der Waals surface area contributed by atoms with Crippen LogP contribution in [0.1, 0.15) is 47.2 Å². The summed E-state index contributed by atoms with van der Waals surface area (Å²) in [6, 6.07) is 13.2. The van der Waals surface area contributed by atoms with E-state index in [0.29, 0.717) is 33.9 Å². The maximum Gasteiger partial charge on any atom is 0.343 e. The van der Waals surface area contributed by atoms with Gasteiger partial charge in [0.05, 0.1) is 29.7 Å². The molecular weight excluding hydrogens is 436 g/mol. The minimum absolute atomic E-state index is 0.0263. The highest BCUT2D eigenvalue weighted by Gasteiger charge is 2.17. The summed E-state index contributed by atoms with van der Waals surface area (Å²) in [7, 11) is 1.66. The number of nitrogens with zero attached hydrogens (tertiary/aromatic N) is 3. The number of anilines is 1. The van der Waals surface area contributed by atoms with Gasteiger partial charge in [-0.05, 0) is 76.2 Å². The van der Waals surface area contributed by atoms with Crippen molar-refractivity contribution in [1.29, 1.82) is 0 Å². The first-order valence-corrected chi connectivity index (χ1v) is 10.9. The summed E-state index contributed by atoms with van der Waals surface area (Å²) in [4.78, 5) is 38.2. The number of nitrogens with one attached hydrogen (secondary N) is 1. The second-order valence-electron chi connectivity index (χ2n) is 7.87. The van der Waals surface area contributed by atoms with E-state index in [4.69, 9.17) is 9.47 Å². The molecule has 2 aromatic carbocycles. The van der Waals surface area contributed by atoms with Crippen LogP contribution in [-0.2, 0) is 4.74 Å². The zero-order chi connectivity index (χ0) is 24.8. The van der Waals surface area contributed by atoms with Crippen molar-refractivity contribution in [3.63, 3.8) is 0 Å². The highest BCUT2D eigenvalue weighted by molar-refractivity contribution is 5.93. The van der Waals surface area contributed by atoms with Gasteiger partial charge in [0.25, 0.3) is 0 Å². The number of carbonyl (C=O) groups excluding carboxylic acids is 3. The van der Waals surface area contributed by atoms with Gasteiger partial charge in [-0.3, -0.25) is 4.90 Å². The number of amides is 2. The standard InChI is InChI=1S/C25H28N4O5/c1-6-33-24(31)22-15-26-29(17(22)4)20-9-7-18(8-10-20)23(30)34-21-13-11-19(12-14-21)28(5)25(32)27-16(2)3/h7-16H,6H2,1-5H3,(H,27,32). The van der Waals surface area contributed by atoms with Crippen LogP contribution in [0.15, 0.2) is 54.7 Å². The highest BCUT2D eigenvalue weighted by atomic mass is 16.5. The fourth-order valence-corrected chi connectivity index (χ4v) is 3.18. The monoisotopic (exact) mass is 464 g/mol. The molecule has 0 fully saturated rings. The zero-order valence-electron chi connectivity index (χ0n) is 19.9. The molecule has 0 saturated heterocycles. The van der Waals surface area contributed by atoms with Crippen LogP contribution in [0.4, 0.5) is 10.5 Å². The Kier molecular flexibility index (Phi) is 7.68. The second-order valence-corrected chi connectivity index (χ2v) is 7.87. The Bertz CT molecular complexity index is 1170. The lowest BCUT2D eigenvalue weighted by Gasteiger charge is -2.20. The zero-order valence-corrected chi connectivity index (χ0v) is 19.9. The second kappa shape index (κ2) is 10.7. The van der Waals surface area contributed by atoms with E-state index < -0.39 is 11.9 Å². The van der Waals surface area contributed by atoms with Gasteiger partial charge in [0.1, 0.15) is 11.3 Å². The molecule has 0 bridgehead atoms. The lowest BCUT2D eigenvalue weighted by Crippen LogP contribution is -2.40. The van der Waals surface area contributed by atoms with E-state index in [-0.39, 0.29) is 18.7 Å². The van der Waals surface area contributed by atoms with Crippen molar-refractivity contribution in [2.24, 2.45) is 0 Å². The number of benzene rings is 2. The van der Waals surface area contributed by atoms with Gasteiger partial charge in [-0.1, -0.05) is 0 Å². The van der Waals surface area contributed by atoms with E-state index in [9.17, 15) is 14.4 Å². The van der Waals surface area contributed by atoms with Crippen molar-refractivity contribution in [2.75, 3.05) is 18.6 Å². The maximum absolute atomic E-state index is 12.6. The van der Waals surface area contributed by atoms with Gasteiger partial charge in [0, 0.05) is 18.8 Å². The van der Waals surface area contributed by atoms with Crippen LogP contribution in [0.3, 0.4) is 0 Å². The third-order valence-electron chi connectivity index (χ3n) is 5.00. The number of rotatable bonds is 7. The minimum atomic E-state index is -0.519. The van der Waals surface area contributed by atoms with Gasteiger partial charge >= 0.3 is 18.0 Å². The Morgan fingerprint density at radius 1 is 1.03 bits per heavy atom. The molecule has 1 heterocycles. The van der Waals surface area contributed by atoms with E-state index in [1.807, 2.05) is 13.8 Å². The number of aromatic nitrogens is 2. The van der Waals surface area contributed by atoms with E-state index in [2.05, 4.69) is 10.4 Å². The summed E-state index contributed by atoms with van der Waals surface area (Å²) in [6.45, 7) is 7.58. The summed E-state index contributed by atoms with van der Waals surface area (Å²) in [5, 5.41) is 7.06. The van der Waals surface area contributed by atoms with Crippen LogP contribution in [-0.4, -0.2) is 47.4 Å². The average molecular weight is 465 g/mol. The molecule has 0 spiro atoms. The quantitative estimate of drug-likeness (QED) is 0.417. The summed E-state index contributed by atoms with van der Waals surface area (Å²) in [5.74, 6) is -0.587. The topological polar surface area (TPSA) is 103 Å². The van der Waals surface area contributed by atoms with Crippen LogP contribution in [0.25, 0.3) is 5.69 Å². The van der Waals surface area contributed by atoms with Gasteiger partial charge in [-0.25, -0.2) is 19.1 Å². The summed E-state index contributed by atoms with van der Waals surface area (Å²) >= 11 is 0. The van der Waals surface area contributed by atoms with Crippen LogP contribution in [0.5, 0.6) is 5.75 Å². The summed E-state index contributed by atoms with van der Waals surface area (Å²) < 4.78 is 12.1. The van der Waals surface area contributed by atoms with Crippen molar-refractivity contribution in [2.45, 2.75) is 33.7 Å². The van der Waals surface area contributed by atoms with Crippen molar-refractivity contribution < 1.29 is 23.9 Å². The van der Waals surface area contributed by atoms with Crippen LogP contribution in [0.2, 0.25) is 0 Å². The molecule has 3 aromatic rings. The Morgan fingerprint density at radius 3 is 2.26 bits per heavy atom. The molecule has 0 saturated carbocycles. The third kappa shape index (κ3) is 5.61. The fourth-order valence-electron chi connectivity index (χ4n) is 3.18. The summed E-state index contributed by atoms with van der Waals surface area (Å²) in [6.07, 6.45) is 1.46. The van der Waals surface area contributed by atoms with Gasteiger partial charge in [0.15, 0.2) is 0 Å². The van der Waals surface area contributed by atoms with Crippen molar-refractivity contribution in [1.82, 2.24) is 15.1 Å². The molecule has 0 aliphatic rings. The van der Waals surface area contributed by atoms with E-state index >= 15 is 0 Å². The lowest BCUT2D eigenvalue weighted by molar-refractivity contribution is 0.0525. The first-order chi connectivity index (χ1) is 16.2. The Labute approximate surface area is 198 Å². The first kappa shape index (κ1) is 24.5. The van der Waals surface area contributed by atoms with Gasteiger partial charge < -0.3 is 14.8 Å². The van der Waals surface area contributed by atoms with Gasteiger partial charge in [0.2, 0.25) is 0 Å². The normalized spacial score (nSPS) is 10.6. The third-order valence-corrected chi connectivity index (χ3v) is 5.00.